The Labute approximate surface area is 133 Å². The summed E-state index contributed by atoms with van der Waals surface area (Å²) in [4.78, 5) is 29.0. The van der Waals surface area contributed by atoms with Crippen molar-refractivity contribution in [3.63, 3.8) is 0 Å². The van der Waals surface area contributed by atoms with Gasteiger partial charge in [0.15, 0.2) is 0 Å². The number of amides is 2. The monoisotopic (exact) mass is 304 g/mol. The van der Waals surface area contributed by atoms with E-state index in [0.29, 0.717) is 17.7 Å². The van der Waals surface area contributed by atoms with Crippen LogP contribution in [-0.2, 0) is 9.59 Å². The molecule has 122 valence electrons. The van der Waals surface area contributed by atoms with Crippen molar-refractivity contribution < 1.29 is 9.59 Å². The minimum atomic E-state index is 0.0777. The number of hydrogen-bond donors (Lipinski definition) is 0. The molecule has 4 nitrogen and oxygen atoms in total. The third kappa shape index (κ3) is 2.89. The molecule has 1 unspecified atom stereocenters. The number of carbonyl (C=O) groups is 2. The van der Waals surface area contributed by atoms with E-state index in [1.54, 1.807) is 0 Å². The van der Waals surface area contributed by atoms with Crippen LogP contribution in [0, 0.1) is 11.8 Å². The lowest BCUT2D eigenvalue weighted by atomic mass is 9.87. The summed E-state index contributed by atoms with van der Waals surface area (Å²) >= 11 is 0. The fourth-order valence-electron chi connectivity index (χ4n) is 4.37. The SMILES string of the molecule is O=C(CC1CC1)N1CCCC2(CCC(=O)N2CC2CC2)CC1. The molecular formula is C18H28N2O2. The van der Waals surface area contributed by atoms with Crippen molar-refractivity contribution in [2.24, 2.45) is 11.8 Å². The minimum Gasteiger partial charge on any atom is -0.343 e. The van der Waals surface area contributed by atoms with Crippen molar-refractivity contribution in [2.75, 3.05) is 19.6 Å². The van der Waals surface area contributed by atoms with Crippen molar-refractivity contribution in [1.29, 1.82) is 0 Å². The number of likely N-dealkylation sites (tertiary alicyclic amines) is 2. The molecule has 4 aliphatic rings. The van der Waals surface area contributed by atoms with Gasteiger partial charge in [0, 0.05) is 38.0 Å². The maximum atomic E-state index is 12.4. The normalized spacial score (nSPS) is 32.6. The summed E-state index contributed by atoms with van der Waals surface area (Å²) in [5.41, 5.74) is 0.0777. The number of hydrogen-bond acceptors (Lipinski definition) is 2. The van der Waals surface area contributed by atoms with E-state index in [-0.39, 0.29) is 5.54 Å². The Kier molecular flexibility index (Phi) is 3.66. The van der Waals surface area contributed by atoms with Gasteiger partial charge in [-0.3, -0.25) is 9.59 Å². The third-order valence-corrected chi connectivity index (χ3v) is 6.25. The molecule has 2 saturated heterocycles. The van der Waals surface area contributed by atoms with Gasteiger partial charge in [-0.15, -0.1) is 0 Å². The lowest BCUT2D eigenvalue weighted by molar-refractivity contribution is -0.132. The molecule has 2 amide bonds. The Morgan fingerprint density at radius 3 is 2.55 bits per heavy atom. The molecule has 0 N–H and O–H groups in total. The molecule has 4 rings (SSSR count). The minimum absolute atomic E-state index is 0.0777. The summed E-state index contributed by atoms with van der Waals surface area (Å²) in [5.74, 6) is 2.15. The fraction of sp³-hybridized carbons (Fsp3) is 0.889. The van der Waals surface area contributed by atoms with E-state index in [1.165, 1.54) is 25.7 Å². The van der Waals surface area contributed by atoms with Crippen LogP contribution in [0.1, 0.15) is 64.2 Å². The third-order valence-electron chi connectivity index (χ3n) is 6.25. The highest BCUT2D eigenvalue weighted by atomic mass is 16.2. The second kappa shape index (κ2) is 5.54. The smallest absolute Gasteiger partial charge is 0.223 e. The summed E-state index contributed by atoms with van der Waals surface area (Å²) in [6.07, 6.45) is 10.7. The first-order chi connectivity index (χ1) is 10.7. The first-order valence-electron chi connectivity index (χ1n) is 9.25. The molecule has 1 atom stereocenters. The summed E-state index contributed by atoms with van der Waals surface area (Å²) in [7, 11) is 0. The molecule has 0 aromatic rings. The molecule has 4 fully saturated rings. The van der Waals surface area contributed by atoms with Crippen LogP contribution in [0.5, 0.6) is 0 Å². The number of rotatable bonds is 4. The van der Waals surface area contributed by atoms with E-state index >= 15 is 0 Å². The summed E-state index contributed by atoms with van der Waals surface area (Å²) in [6, 6.07) is 0. The molecule has 2 heterocycles. The van der Waals surface area contributed by atoms with Gasteiger partial charge in [0.2, 0.25) is 11.8 Å². The number of nitrogens with zero attached hydrogens (tertiary/aromatic N) is 2. The van der Waals surface area contributed by atoms with E-state index < -0.39 is 0 Å². The summed E-state index contributed by atoms with van der Waals surface area (Å²) in [6.45, 7) is 2.74. The Bertz CT molecular complexity index is 470. The molecule has 2 saturated carbocycles. The Morgan fingerprint density at radius 1 is 1.05 bits per heavy atom. The molecule has 0 aromatic carbocycles. The van der Waals surface area contributed by atoms with Gasteiger partial charge in [0.25, 0.3) is 0 Å². The largest absolute Gasteiger partial charge is 0.343 e. The highest BCUT2D eigenvalue weighted by molar-refractivity contribution is 5.80. The maximum Gasteiger partial charge on any atom is 0.223 e. The molecule has 4 heteroatoms. The van der Waals surface area contributed by atoms with E-state index in [0.717, 1.165) is 64.1 Å². The van der Waals surface area contributed by atoms with E-state index in [1.807, 2.05) is 0 Å². The zero-order valence-electron chi connectivity index (χ0n) is 13.6. The van der Waals surface area contributed by atoms with E-state index in [9.17, 15) is 9.59 Å². The second-order valence-corrected chi connectivity index (χ2v) is 8.05. The average Bonchev–Trinajstić information content (AvgIpc) is 3.36. The van der Waals surface area contributed by atoms with Crippen molar-refractivity contribution in [3.05, 3.63) is 0 Å². The fourth-order valence-corrected chi connectivity index (χ4v) is 4.37. The van der Waals surface area contributed by atoms with Crippen molar-refractivity contribution in [3.8, 4) is 0 Å². The predicted molar refractivity (Wildman–Crippen MR) is 84.2 cm³/mol. The topological polar surface area (TPSA) is 40.6 Å². The standard InChI is InChI=1S/C18H28N2O2/c21-16-6-8-18(20(16)13-15-4-5-15)7-1-10-19(11-9-18)17(22)12-14-2-3-14/h14-15H,1-13H2. The quantitative estimate of drug-likeness (QED) is 0.801. The van der Waals surface area contributed by atoms with Gasteiger partial charge < -0.3 is 9.80 Å². The van der Waals surface area contributed by atoms with Gasteiger partial charge in [0.1, 0.15) is 0 Å². The van der Waals surface area contributed by atoms with E-state index in [4.69, 9.17) is 0 Å². The van der Waals surface area contributed by atoms with Gasteiger partial charge in [-0.05, 0) is 63.2 Å². The van der Waals surface area contributed by atoms with Crippen LogP contribution in [0.2, 0.25) is 0 Å². The molecule has 22 heavy (non-hydrogen) atoms. The first kappa shape index (κ1) is 14.5. The lowest BCUT2D eigenvalue weighted by Crippen LogP contribution is -2.47. The van der Waals surface area contributed by atoms with Gasteiger partial charge in [-0.1, -0.05) is 0 Å². The molecular weight excluding hydrogens is 276 g/mol. The molecule has 0 bridgehead atoms. The van der Waals surface area contributed by atoms with Crippen LogP contribution in [0.25, 0.3) is 0 Å². The molecule has 2 aliphatic heterocycles. The second-order valence-electron chi connectivity index (χ2n) is 8.05. The maximum absolute atomic E-state index is 12.4. The number of carbonyl (C=O) groups excluding carboxylic acids is 2. The first-order valence-corrected chi connectivity index (χ1v) is 9.25. The zero-order chi connectivity index (χ0) is 15.2. The lowest BCUT2D eigenvalue weighted by Gasteiger charge is -2.38. The van der Waals surface area contributed by atoms with Gasteiger partial charge in [0.05, 0.1) is 0 Å². The van der Waals surface area contributed by atoms with Crippen molar-refractivity contribution >= 4 is 11.8 Å². The zero-order valence-corrected chi connectivity index (χ0v) is 13.6. The van der Waals surface area contributed by atoms with Crippen LogP contribution >= 0.6 is 0 Å². The highest BCUT2D eigenvalue weighted by Crippen LogP contribution is 2.42. The van der Waals surface area contributed by atoms with Crippen LogP contribution in [0.4, 0.5) is 0 Å². The molecule has 1 spiro atoms. The highest BCUT2D eigenvalue weighted by Gasteiger charge is 2.47. The van der Waals surface area contributed by atoms with Gasteiger partial charge in [-0.25, -0.2) is 0 Å². The van der Waals surface area contributed by atoms with Crippen molar-refractivity contribution in [1.82, 2.24) is 9.80 Å². The summed E-state index contributed by atoms with van der Waals surface area (Å²) in [5, 5.41) is 0. The average molecular weight is 304 g/mol. The van der Waals surface area contributed by atoms with Gasteiger partial charge in [-0.2, -0.15) is 0 Å². The van der Waals surface area contributed by atoms with Gasteiger partial charge >= 0.3 is 0 Å². The van der Waals surface area contributed by atoms with Crippen molar-refractivity contribution in [2.45, 2.75) is 69.7 Å². The predicted octanol–water partition coefficient (Wildman–Crippen LogP) is 2.57. The van der Waals surface area contributed by atoms with Crippen LogP contribution in [0.15, 0.2) is 0 Å². The van der Waals surface area contributed by atoms with Crippen LogP contribution < -0.4 is 0 Å². The Morgan fingerprint density at radius 2 is 1.82 bits per heavy atom. The summed E-state index contributed by atoms with van der Waals surface area (Å²) < 4.78 is 0. The van der Waals surface area contributed by atoms with Crippen LogP contribution in [0.3, 0.4) is 0 Å². The Hall–Kier alpha value is -1.06. The van der Waals surface area contributed by atoms with Crippen LogP contribution in [-0.4, -0.2) is 46.8 Å². The molecule has 2 aliphatic carbocycles. The molecule has 0 aromatic heterocycles. The molecule has 0 radical (unpaired) electrons. The Balaban J connectivity index is 1.41. The van der Waals surface area contributed by atoms with E-state index in [2.05, 4.69) is 9.80 Å².